The average molecular weight is 251 g/mol. The number of nitrogens with one attached hydrogen (secondary N) is 2. The van der Waals surface area contributed by atoms with E-state index in [1.54, 1.807) is 19.2 Å². The van der Waals surface area contributed by atoms with Gasteiger partial charge in [0.1, 0.15) is 0 Å². The fourth-order valence-electron chi connectivity index (χ4n) is 1.26. The van der Waals surface area contributed by atoms with Gasteiger partial charge in [-0.3, -0.25) is 9.78 Å². The van der Waals surface area contributed by atoms with Gasteiger partial charge in [0.25, 0.3) is 0 Å². The minimum absolute atomic E-state index is 0.321. The van der Waals surface area contributed by atoms with Gasteiger partial charge in [0, 0.05) is 12.7 Å². The quantitative estimate of drug-likeness (QED) is 0.703. The molecule has 6 heteroatoms. The molecule has 1 atom stereocenters. The highest BCUT2D eigenvalue weighted by Crippen LogP contribution is 1.99. The van der Waals surface area contributed by atoms with Gasteiger partial charge in [-0.05, 0) is 18.6 Å². The second kappa shape index (κ2) is 7.26. The number of aromatic nitrogens is 1. The van der Waals surface area contributed by atoms with Crippen LogP contribution in [0, 0.1) is 5.92 Å². The van der Waals surface area contributed by atoms with Gasteiger partial charge in [0.05, 0.1) is 18.2 Å². The Kier molecular flexibility index (Phi) is 5.63. The van der Waals surface area contributed by atoms with Crippen molar-refractivity contribution in [2.24, 2.45) is 5.92 Å². The molecule has 0 radical (unpaired) electrons. The van der Waals surface area contributed by atoms with Crippen LogP contribution in [-0.2, 0) is 11.3 Å². The smallest absolute Gasteiger partial charge is 0.315 e. The maximum Gasteiger partial charge on any atom is 0.315 e. The Morgan fingerprint density at radius 3 is 2.78 bits per heavy atom. The number of carbonyl (C=O) groups excluding carboxylic acids is 1. The summed E-state index contributed by atoms with van der Waals surface area (Å²) < 4.78 is 0. The van der Waals surface area contributed by atoms with Crippen LogP contribution in [0.2, 0.25) is 0 Å². The van der Waals surface area contributed by atoms with E-state index in [-0.39, 0.29) is 6.03 Å². The third-order valence-corrected chi connectivity index (χ3v) is 2.44. The number of nitrogens with zero attached hydrogens (tertiary/aromatic N) is 1. The van der Waals surface area contributed by atoms with E-state index in [9.17, 15) is 9.59 Å². The number of pyridine rings is 1. The number of aliphatic carboxylic acids is 1. The lowest BCUT2D eigenvalue weighted by atomic mass is 10.1. The van der Waals surface area contributed by atoms with Crippen LogP contribution >= 0.6 is 0 Å². The first kappa shape index (κ1) is 14.0. The second-order valence-corrected chi connectivity index (χ2v) is 3.96. The van der Waals surface area contributed by atoms with E-state index in [1.165, 1.54) is 0 Å². The molecule has 0 aliphatic heterocycles. The standard InChI is InChI=1S/C12H17N3O3/c1-9(11(16)17)5-7-14-12(18)15-8-10-4-2-3-6-13-10/h2-4,6,9H,5,7-8H2,1H3,(H,16,17)(H2,14,15,18). The summed E-state index contributed by atoms with van der Waals surface area (Å²) in [6.07, 6.45) is 2.07. The topological polar surface area (TPSA) is 91.3 Å². The van der Waals surface area contributed by atoms with E-state index in [0.717, 1.165) is 5.69 Å². The molecule has 0 aliphatic rings. The van der Waals surface area contributed by atoms with Gasteiger partial charge in [-0.15, -0.1) is 0 Å². The maximum absolute atomic E-state index is 11.4. The van der Waals surface area contributed by atoms with Gasteiger partial charge in [0.15, 0.2) is 0 Å². The van der Waals surface area contributed by atoms with Gasteiger partial charge in [0.2, 0.25) is 0 Å². The summed E-state index contributed by atoms with van der Waals surface area (Å²) >= 11 is 0. The molecular weight excluding hydrogens is 234 g/mol. The Morgan fingerprint density at radius 2 is 2.17 bits per heavy atom. The molecule has 0 spiro atoms. The Balaban J connectivity index is 2.17. The van der Waals surface area contributed by atoms with Crippen LogP contribution in [0.4, 0.5) is 4.79 Å². The Labute approximate surface area is 105 Å². The fraction of sp³-hybridized carbons (Fsp3) is 0.417. The predicted octanol–water partition coefficient (Wildman–Crippen LogP) is 0.992. The molecule has 1 unspecified atom stereocenters. The van der Waals surface area contributed by atoms with E-state index in [0.29, 0.717) is 19.5 Å². The van der Waals surface area contributed by atoms with Gasteiger partial charge < -0.3 is 15.7 Å². The van der Waals surface area contributed by atoms with Crippen molar-refractivity contribution in [3.05, 3.63) is 30.1 Å². The van der Waals surface area contributed by atoms with Crippen molar-refractivity contribution in [1.82, 2.24) is 15.6 Å². The van der Waals surface area contributed by atoms with Crippen LogP contribution in [0.15, 0.2) is 24.4 Å². The molecule has 18 heavy (non-hydrogen) atoms. The number of amides is 2. The lowest BCUT2D eigenvalue weighted by Crippen LogP contribution is -2.36. The number of hydrogen-bond acceptors (Lipinski definition) is 3. The molecule has 0 saturated heterocycles. The SMILES string of the molecule is CC(CCNC(=O)NCc1ccccn1)C(=O)O. The molecule has 0 saturated carbocycles. The van der Waals surface area contributed by atoms with Crippen LogP contribution in [0.3, 0.4) is 0 Å². The largest absolute Gasteiger partial charge is 0.481 e. The van der Waals surface area contributed by atoms with Crippen LogP contribution < -0.4 is 10.6 Å². The zero-order chi connectivity index (χ0) is 13.4. The van der Waals surface area contributed by atoms with Crippen molar-refractivity contribution in [2.45, 2.75) is 19.9 Å². The number of carboxylic acid groups (broad SMARTS) is 1. The van der Waals surface area contributed by atoms with Crippen molar-refractivity contribution in [1.29, 1.82) is 0 Å². The summed E-state index contributed by atoms with van der Waals surface area (Å²) in [5.74, 6) is -1.31. The normalized spacial score (nSPS) is 11.6. The lowest BCUT2D eigenvalue weighted by molar-refractivity contribution is -0.141. The molecule has 0 aromatic carbocycles. The minimum atomic E-state index is -0.856. The molecule has 98 valence electrons. The van der Waals surface area contributed by atoms with Crippen LogP contribution in [-0.4, -0.2) is 28.6 Å². The summed E-state index contributed by atoms with van der Waals surface area (Å²) in [5.41, 5.74) is 0.770. The number of rotatable bonds is 6. The first-order valence-corrected chi connectivity index (χ1v) is 5.74. The lowest BCUT2D eigenvalue weighted by Gasteiger charge is -2.09. The zero-order valence-corrected chi connectivity index (χ0v) is 10.2. The highest BCUT2D eigenvalue weighted by atomic mass is 16.4. The van der Waals surface area contributed by atoms with E-state index in [2.05, 4.69) is 15.6 Å². The van der Waals surface area contributed by atoms with Gasteiger partial charge >= 0.3 is 12.0 Å². The number of hydrogen-bond donors (Lipinski definition) is 3. The third-order valence-electron chi connectivity index (χ3n) is 2.44. The molecule has 1 aromatic rings. The fourth-order valence-corrected chi connectivity index (χ4v) is 1.26. The summed E-state index contributed by atoms with van der Waals surface area (Å²) in [4.78, 5) is 26.0. The summed E-state index contributed by atoms with van der Waals surface area (Å²) in [5, 5.41) is 13.9. The third kappa shape index (κ3) is 5.29. The molecule has 1 aromatic heterocycles. The molecule has 1 rings (SSSR count). The van der Waals surface area contributed by atoms with Crippen molar-refractivity contribution in [3.8, 4) is 0 Å². The molecule has 6 nitrogen and oxygen atoms in total. The summed E-state index contributed by atoms with van der Waals surface area (Å²) in [6.45, 7) is 2.29. The van der Waals surface area contributed by atoms with Gasteiger partial charge in [-0.2, -0.15) is 0 Å². The minimum Gasteiger partial charge on any atom is -0.481 e. The second-order valence-electron chi connectivity index (χ2n) is 3.96. The Bertz CT molecular complexity index is 395. The highest BCUT2D eigenvalue weighted by Gasteiger charge is 2.10. The predicted molar refractivity (Wildman–Crippen MR) is 65.9 cm³/mol. The molecule has 0 bridgehead atoms. The van der Waals surface area contributed by atoms with Gasteiger partial charge in [-0.1, -0.05) is 13.0 Å². The monoisotopic (exact) mass is 251 g/mol. The molecule has 0 fully saturated rings. The van der Waals surface area contributed by atoms with Crippen LogP contribution in [0.1, 0.15) is 19.0 Å². The van der Waals surface area contributed by atoms with E-state index < -0.39 is 11.9 Å². The van der Waals surface area contributed by atoms with Gasteiger partial charge in [-0.25, -0.2) is 4.79 Å². The molecular formula is C12H17N3O3. The van der Waals surface area contributed by atoms with E-state index >= 15 is 0 Å². The molecule has 0 aliphatic carbocycles. The average Bonchev–Trinajstić information content (AvgIpc) is 2.37. The van der Waals surface area contributed by atoms with Crippen molar-refractivity contribution < 1.29 is 14.7 Å². The molecule has 3 N–H and O–H groups in total. The van der Waals surface area contributed by atoms with Crippen molar-refractivity contribution in [2.75, 3.05) is 6.54 Å². The van der Waals surface area contributed by atoms with Crippen LogP contribution in [0.25, 0.3) is 0 Å². The number of carboxylic acids is 1. The molecule has 1 heterocycles. The van der Waals surface area contributed by atoms with Crippen LogP contribution in [0.5, 0.6) is 0 Å². The zero-order valence-electron chi connectivity index (χ0n) is 10.2. The van der Waals surface area contributed by atoms with Crippen molar-refractivity contribution in [3.63, 3.8) is 0 Å². The molecule has 2 amide bonds. The van der Waals surface area contributed by atoms with E-state index in [4.69, 9.17) is 5.11 Å². The Morgan fingerprint density at radius 1 is 1.39 bits per heavy atom. The number of carbonyl (C=O) groups is 2. The summed E-state index contributed by atoms with van der Waals surface area (Å²) in [6, 6.07) is 5.14. The maximum atomic E-state index is 11.4. The highest BCUT2D eigenvalue weighted by molar-refractivity contribution is 5.74. The first-order chi connectivity index (χ1) is 8.59. The van der Waals surface area contributed by atoms with E-state index in [1.807, 2.05) is 12.1 Å². The Hall–Kier alpha value is -2.11. The first-order valence-electron chi connectivity index (χ1n) is 5.74. The summed E-state index contributed by atoms with van der Waals surface area (Å²) in [7, 11) is 0. The van der Waals surface area contributed by atoms with Crippen molar-refractivity contribution >= 4 is 12.0 Å². The number of urea groups is 1.